The summed E-state index contributed by atoms with van der Waals surface area (Å²) in [6.45, 7) is 2.57. The SMILES string of the molecule is CC(=O)c1ccc(S)c(S(=O)(=O)[O-])c1.CC(=O)c1ccc(S)c(S(=O)(=O)[O-])c1.[Zn+2]. The van der Waals surface area contributed by atoms with E-state index in [0.717, 1.165) is 12.1 Å². The van der Waals surface area contributed by atoms with Crippen LogP contribution in [0.5, 0.6) is 0 Å². The summed E-state index contributed by atoms with van der Waals surface area (Å²) in [7, 11) is -9.14. The van der Waals surface area contributed by atoms with Crippen LogP contribution in [0.15, 0.2) is 56.0 Å². The molecule has 0 N–H and O–H groups in total. The van der Waals surface area contributed by atoms with E-state index < -0.39 is 30.0 Å². The smallest absolute Gasteiger partial charge is 0.744 e. The Morgan fingerprint density at radius 3 is 1.21 bits per heavy atom. The zero-order valence-corrected chi connectivity index (χ0v) is 21.5. The van der Waals surface area contributed by atoms with Gasteiger partial charge in [-0.2, -0.15) is 0 Å². The number of hydrogen-bond acceptors (Lipinski definition) is 10. The van der Waals surface area contributed by atoms with Crippen LogP contribution in [0.4, 0.5) is 0 Å². The fourth-order valence-electron chi connectivity index (χ4n) is 1.87. The number of hydrogen-bond donors (Lipinski definition) is 2. The van der Waals surface area contributed by atoms with Crippen LogP contribution in [-0.2, 0) is 39.7 Å². The molecule has 0 saturated heterocycles. The first-order chi connectivity index (χ1) is 12.6. The molecule has 0 spiro atoms. The third kappa shape index (κ3) is 8.29. The first kappa shape index (κ1) is 27.9. The van der Waals surface area contributed by atoms with Gasteiger partial charge < -0.3 is 9.11 Å². The average molecular weight is 528 g/mol. The minimum atomic E-state index is -4.57. The van der Waals surface area contributed by atoms with Crippen LogP contribution in [0.25, 0.3) is 0 Å². The van der Waals surface area contributed by atoms with Gasteiger partial charge in [0.2, 0.25) is 0 Å². The van der Waals surface area contributed by atoms with Crippen molar-refractivity contribution in [2.75, 3.05) is 0 Å². The monoisotopic (exact) mass is 526 g/mol. The fraction of sp³-hybridized carbons (Fsp3) is 0.125. The zero-order chi connectivity index (χ0) is 21.9. The summed E-state index contributed by atoms with van der Waals surface area (Å²) in [5.74, 6) is -0.605. The second-order valence-electron chi connectivity index (χ2n) is 5.39. The Balaban J connectivity index is 0.000000523. The molecule has 0 unspecified atom stereocenters. The van der Waals surface area contributed by atoms with E-state index in [1.807, 2.05) is 0 Å². The summed E-state index contributed by atoms with van der Waals surface area (Å²) in [5.41, 5.74) is 0.356. The Kier molecular flexibility index (Phi) is 10.4. The standard InChI is InChI=1S/2C8H8O4S2.Zn/c2*1-5(9)6-2-3-7(13)8(4-6)14(10,11)12;/h2*2-4,13H,1H3,(H,10,11,12);/q;;+2/p-2. The van der Waals surface area contributed by atoms with E-state index in [0.29, 0.717) is 0 Å². The van der Waals surface area contributed by atoms with Gasteiger partial charge in [0.25, 0.3) is 0 Å². The van der Waals surface area contributed by atoms with Crippen molar-refractivity contribution in [2.24, 2.45) is 0 Å². The van der Waals surface area contributed by atoms with Crippen LogP contribution >= 0.6 is 25.3 Å². The molecule has 2 aromatic rings. The molecule has 2 rings (SSSR count). The number of ketones is 2. The molecule has 0 saturated carbocycles. The normalized spacial score (nSPS) is 11.0. The maximum Gasteiger partial charge on any atom is 2.00 e. The summed E-state index contributed by atoms with van der Waals surface area (Å²) in [6, 6.07) is 7.52. The maximum atomic E-state index is 10.9. The Labute approximate surface area is 192 Å². The zero-order valence-electron chi connectivity index (χ0n) is 15.1. The van der Waals surface area contributed by atoms with Crippen molar-refractivity contribution in [3.63, 3.8) is 0 Å². The molecule has 0 radical (unpaired) electrons. The number of thiol groups is 2. The van der Waals surface area contributed by atoms with E-state index in [9.17, 15) is 35.5 Å². The molecule has 0 fully saturated rings. The Hall–Kier alpha value is -1.08. The predicted molar refractivity (Wildman–Crippen MR) is 103 cm³/mol. The van der Waals surface area contributed by atoms with Gasteiger partial charge in [0.05, 0.1) is 9.79 Å². The van der Waals surface area contributed by atoms with Gasteiger partial charge in [0.1, 0.15) is 20.2 Å². The van der Waals surface area contributed by atoms with Crippen molar-refractivity contribution in [1.82, 2.24) is 0 Å². The van der Waals surface area contributed by atoms with E-state index >= 15 is 0 Å². The van der Waals surface area contributed by atoms with Gasteiger partial charge in [-0.3, -0.25) is 9.59 Å². The molecule has 13 heteroatoms. The van der Waals surface area contributed by atoms with Gasteiger partial charge in [-0.1, -0.05) is 12.1 Å². The molecule has 152 valence electrons. The largest absolute Gasteiger partial charge is 2.00 e. The number of rotatable bonds is 4. The van der Waals surface area contributed by atoms with Gasteiger partial charge in [-0.05, 0) is 38.1 Å². The summed E-state index contributed by atoms with van der Waals surface area (Å²) < 4.78 is 64.3. The molecule has 0 atom stereocenters. The first-order valence-electron chi connectivity index (χ1n) is 7.24. The molecule has 0 aliphatic heterocycles. The van der Waals surface area contributed by atoms with Crippen LogP contribution in [0.2, 0.25) is 0 Å². The number of carbonyl (C=O) groups excluding carboxylic acids is 2. The minimum Gasteiger partial charge on any atom is -0.744 e. The van der Waals surface area contributed by atoms with Crippen LogP contribution in [0.1, 0.15) is 34.6 Å². The average Bonchev–Trinajstić information content (AvgIpc) is 2.53. The Bertz CT molecular complexity index is 1050. The van der Waals surface area contributed by atoms with Gasteiger partial charge >= 0.3 is 19.5 Å². The molecule has 0 aliphatic rings. The van der Waals surface area contributed by atoms with Crippen molar-refractivity contribution in [2.45, 2.75) is 33.4 Å². The van der Waals surface area contributed by atoms with Gasteiger partial charge in [-0.15, -0.1) is 25.3 Å². The molecule has 0 aliphatic carbocycles. The van der Waals surface area contributed by atoms with Crippen molar-refractivity contribution >= 4 is 57.1 Å². The second kappa shape index (κ2) is 10.8. The molecule has 29 heavy (non-hydrogen) atoms. The maximum absolute atomic E-state index is 10.9. The van der Waals surface area contributed by atoms with Gasteiger partial charge in [-0.25, -0.2) is 16.8 Å². The molecular weight excluding hydrogens is 514 g/mol. The van der Waals surface area contributed by atoms with Crippen molar-refractivity contribution < 1.29 is 55.0 Å². The molecule has 0 heterocycles. The van der Waals surface area contributed by atoms with Crippen LogP contribution in [-0.4, -0.2) is 37.5 Å². The summed E-state index contributed by atoms with van der Waals surface area (Å²) in [6.07, 6.45) is 0. The van der Waals surface area contributed by atoms with Crippen molar-refractivity contribution in [3.8, 4) is 0 Å². The Morgan fingerprint density at radius 2 is 1.00 bits per heavy atom. The molecule has 0 bridgehead atoms. The molecular formula is C16H14O8S4Zn. The van der Waals surface area contributed by atoms with E-state index in [1.165, 1.54) is 38.1 Å². The summed E-state index contributed by atoms with van der Waals surface area (Å²) in [5, 5.41) is 0. The second-order valence-corrected chi connectivity index (χ2v) is 9.05. The van der Waals surface area contributed by atoms with Gasteiger partial charge in [0, 0.05) is 20.9 Å². The predicted octanol–water partition coefficient (Wildman–Crippen LogP) is 2.16. The fourth-order valence-corrected chi connectivity index (χ4v) is 4.01. The summed E-state index contributed by atoms with van der Waals surface area (Å²) in [4.78, 5) is 21.0. The van der Waals surface area contributed by atoms with Gasteiger partial charge in [0.15, 0.2) is 11.6 Å². The quantitative estimate of drug-likeness (QED) is 0.266. The third-order valence-corrected chi connectivity index (χ3v) is 6.11. The number of carbonyl (C=O) groups is 2. The number of Topliss-reactive ketones (excluding diaryl/α,β-unsaturated/α-hetero) is 2. The van der Waals surface area contributed by atoms with Crippen LogP contribution in [0.3, 0.4) is 0 Å². The van der Waals surface area contributed by atoms with Crippen molar-refractivity contribution in [3.05, 3.63) is 47.5 Å². The van der Waals surface area contributed by atoms with E-state index in [4.69, 9.17) is 0 Å². The molecule has 8 nitrogen and oxygen atoms in total. The van der Waals surface area contributed by atoms with Crippen LogP contribution in [0, 0.1) is 0 Å². The molecule has 0 aromatic heterocycles. The van der Waals surface area contributed by atoms with Crippen molar-refractivity contribution in [1.29, 1.82) is 0 Å². The van der Waals surface area contributed by atoms with E-state index in [-0.39, 0.29) is 52.0 Å². The van der Waals surface area contributed by atoms with Crippen LogP contribution < -0.4 is 0 Å². The molecule has 2 aromatic carbocycles. The third-order valence-electron chi connectivity index (χ3n) is 3.27. The number of benzene rings is 2. The first-order valence-corrected chi connectivity index (χ1v) is 11.0. The van der Waals surface area contributed by atoms with E-state index in [2.05, 4.69) is 25.3 Å². The van der Waals surface area contributed by atoms with E-state index in [1.54, 1.807) is 0 Å². The summed E-state index contributed by atoms with van der Waals surface area (Å²) >= 11 is 7.63. The minimum absolute atomic E-state index is 0. The molecule has 0 amide bonds. The topological polar surface area (TPSA) is 149 Å². The Morgan fingerprint density at radius 1 is 0.724 bits per heavy atom.